The lowest BCUT2D eigenvalue weighted by Crippen LogP contribution is -2.08. The molecule has 0 bridgehead atoms. The van der Waals surface area contributed by atoms with Gasteiger partial charge in [-0.2, -0.15) is 18.2 Å². The van der Waals surface area contributed by atoms with Crippen molar-refractivity contribution in [1.82, 2.24) is 9.97 Å². The van der Waals surface area contributed by atoms with Crippen LogP contribution in [0, 0.1) is 5.92 Å². The molecule has 0 atom stereocenters. The summed E-state index contributed by atoms with van der Waals surface area (Å²) in [5.74, 6) is 1.45. The van der Waals surface area contributed by atoms with E-state index in [0.717, 1.165) is 25.1 Å². The Labute approximate surface area is 133 Å². The van der Waals surface area contributed by atoms with Gasteiger partial charge < -0.3 is 10.6 Å². The molecule has 0 amide bonds. The first-order chi connectivity index (χ1) is 10.8. The Kier molecular flexibility index (Phi) is 5.41. The number of rotatable bonds is 6. The van der Waals surface area contributed by atoms with E-state index in [9.17, 15) is 13.2 Å². The minimum Gasteiger partial charge on any atom is -0.354 e. The van der Waals surface area contributed by atoms with Gasteiger partial charge in [0.1, 0.15) is 5.82 Å². The Hall–Kier alpha value is -2.31. The maximum atomic E-state index is 12.7. The van der Waals surface area contributed by atoms with Crippen LogP contribution in [0.2, 0.25) is 0 Å². The number of anilines is 3. The topological polar surface area (TPSA) is 49.8 Å². The lowest BCUT2D eigenvalue weighted by molar-refractivity contribution is -0.137. The van der Waals surface area contributed by atoms with Crippen LogP contribution in [0.5, 0.6) is 0 Å². The fraction of sp³-hybridized carbons (Fsp3) is 0.375. The maximum Gasteiger partial charge on any atom is 0.416 e. The summed E-state index contributed by atoms with van der Waals surface area (Å²) in [5.41, 5.74) is -0.376. The Morgan fingerprint density at radius 2 is 1.96 bits per heavy atom. The van der Waals surface area contributed by atoms with Crippen LogP contribution < -0.4 is 10.6 Å². The molecule has 0 fully saturated rings. The predicted molar refractivity (Wildman–Crippen MR) is 84.7 cm³/mol. The van der Waals surface area contributed by atoms with E-state index in [4.69, 9.17) is 0 Å². The van der Waals surface area contributed by atoms with Crippen LogP contribution in [0.3, 0.4) is 0 Å². The van der Waals surface area contributed by atoms with Gasteiger partial charge in [0.05, 0.1) is 5.56 Å². The van der Waals surface area contributed by atoms with Crippen LogP contribution in [0.1, 0.15) is 25.8 Å². The average Bonchev–Trinajstić information content (AvgIpc) is 2.47. The monoisotopic (exact) mass is 324 g/mol. The molecule has 1 aromatic carbocycles. The van der Waals surface area contributed by atoms with Gasteiger partial charge in [-0.3, -0.25) is 0 Å². The Bertz CT molecular complexity index is 641. The second-order valence-electron chi connectivity index (χ2n) is 5.58. The first kappa shape index (κ1) is 17.1. The number of hydrogen-bond acceptors (Lipinski definition) is 4. The highest BCUT2D eigenvalue weighted by Gasteiger charge is 2.30. The number of nitrogens with one attached hydrogen (secondary N) is 2. The number of halogens is 3. The van der Waals surface area contributed by atoms with Crippen LogP contribution in [0.4, 0.5) is 30.6 Å². The van der Waals surface area contributed by atoms with Crippen LogP contribution in [-0.4, -0.2) is 16.5 Å². The van der Waals surface area contributed by atoms with E-state index in [2.05, 4.69) is 34.4 Å². The van der Waals surface area contributed by atoms with Crippen molar-refractivity contribution < 1.29 is 13.2 Å². The first-order valence-corrected chi connectivity index (χ1v) is 7.36. The molecule has 0 aliphatic carbocycles. The molecule has 0 aliphatic heterocycles. The van der Waals surface area contributed by atoms with Gasteiger partial charge in [0.2, 0.25) is 5.95 Å². The van der Waals surface area contributed by atoms with Crippen molar-refractivity contribution in [2.45, 2.75) is 26.4 Å². The maximum absolute atomic E-state index is 12.7. The Balaban J connectivity index is 2.06. The third kappa shape index (κ3) is 5.43. The lowest BCUT2D eigenvalue weighted by atomic mass is 10.1. The third-order valence-corrected chi connectivity index (χ3v) is 3.12. The molecular weight excluding hydrogens is 305 g/mol. The molecular formula is C16H19F3N4. The molecule has 0 aliphatic rings. The van der Waals surface area contributed by atoms with Crippen molar-refractivity contribution in [2.75, 3.05) is 17.2 Å². The van der Waals surface area contributed by atoms with Crippen LogP contribution in [0.15, 0.2) is 36.5 Å². The molecule has 0 radical (unpaired) electrons. The number of nitrogens with zero attached hydrogens (tertiary/aromatic N) is 2. The summed E-state index contributed by atoms with van der Waals surface area (Å²) >= 11 is 0. The van der Waals surface area contributed by atoms with E-state index in [0.29, 0.717) is 23.4 Å². The zero-order valence-corrected chi connectivity index (χ0v) is 13.0. The van der Waals surface area contributed by atoms with Crippen molar-refractivity contribution in [1.29, 1.82) is 0 Å². The van der Waals surface area contributed by atoms with Crippen LogP contribution >= 0.6 is 0 Å². The number of hydrogen-bond donors (Lipinski definition) is 2. The van der Waals surface area contributed by atoms with E-state index >= 15 is 0 Å². The summed E-state index contributed by atoms with van der Waals surface area (Å²) in [5, 5.41) is 5.96. The summed E-state index contributed by atoms with van der Waals surface area (Å²) in [7, 11) is 0. The molecule has 0 saturated heterocycles. The van der Waals surface area contributed by atoms with Gasteiger partial charge in [-0.15, -0.1) is 0 Å². The van der Waals surface area contributed by atoms with Gasteiger partial charge in [0.25, 0.3) is 0 Å². The van der Waals surface area contributed by atoms with Crippen molar-refractivity contribution in [2.24, 2.45) is 5.92 Å². The van der Waals surface area contributed by atoms with E-state index in [1.54, 1.807) is 18.3 Å². The molecule has 0 unspecified atom stereocenters. The molecule has 4 nitrogen and oxygen atoms in total. The summed E-state index contributed by atoms with van der Waals surface area (Å²) < 4.78 is 38.1. The van der Waals surface area contributed by atoms with Crippen LogP contribution in [0.25, 0.3) is 0 Å². The molecule has 2 N–H and O–H groups in total. The largest absolute Gasteiger partial charge is 0.416 e. The molecule has 0 saturated carbocycles. The number of alkyl halides is 3. The highest BCUT2D eigenvalue weighted by atomic mass is 19.4. The molecule has 7 heteroatoms. The number of aromatic nitrogens is 2. The van der Waals surface area contributed by atoms with E-state index < -0.39 is 11.7 Å². The van der Waals surface area contributed by atoms with Gasteiger partial charge in [-0.25, -0.2) is 4.98 Å². The van der Waals surface area contributed by atoms with Crippen molar-refractivity contribution in [3.8, 4) is 0 Å². The fourth-order valence-electron chi connectivity index (χ4n) is 1.91. The number of benzene rings is 1. The smallest absolute Gasteiger partial charge is 0.354 e. The SMILES string of the molecule is CC(C)CCNc1nccc(Nc2cccc(C(F)(F)F)c2)n1. The first-order valence-electron chi connectivity index (χ1n) is 7.36. The van der Waals surface area contributed by atoms with Crippen molar-refractivity contribution >= 4 is 17.5 Å². The van der Waals surface area contributed by atoms with Gasteiger partial charge in [0, 0.05) is 18.4 Å². The Morgan fingerprint density at radius 1 is 1.17 bits per heavy atom. The van der Waals surface area contributed by atoms with E-state index in [1.165, 1.54) is 6.07 Å². The molecule has 2 rings (SSSR count). The molecule has 1 heterocycles. The molecule has 2 aromatic rings. The molecule has 0 spiro atoms. The van der Waals surface area contributed by atoms with E-state index in [-0.39, 0.29) is 0 Å². The third-order valence-electron chi connectivity index (χ3n) is 3.12. The van der Waals surface area contributed by atoms with Gasteiger partial charge in [0.15, 0.2) is 0 Å². The second-order valence-corrected chi connectivity index (χ2v) is 5.58. The zero-order valence-electron chi connectivity index (χ0n) is 13.0. The summed E-state index contributed by atoms with van der Waals surface area (Å²) in [6, 6.07) is 6.60. The zero-order chi connectivity index (χ0) is 16.9. The summed E-state index contributed by atoms with van der Waals surface area (Å²) in [6.45, 7) is 4.98. The van der Waals surface area contributed by atoms with Gasteiger partial charge in [-0.1, -0.05) is 19.9 Å². The Morgan fingerprint density at radius 3 is 2.65 bits per heavy atom. The van der Waals surface area contributed by atoms with Crippen molar-refractivity contribution in [3.63, 3.8) is 0 Å². The summed E-state index contributed by atoms with van der Waals surface area (Å²) in [4.78, 5) is 8.33. The lowest BCUT2D eigenvalue weighted by Gasteiger charge is -2.11. The van der Waals surface area contributed by atoms with Crippen LogP contribution in [-0.2, 0) is 6.18 Å². The minimum atomic E-state index is -4.37. The predicted octanol–water partition coefficient (Wildman–Crippen LogP) is 4.70. The second kappa shape index (κ2) is 7.30. The highest BCUT2D eigenvalue weighted by Crippen LogP contribution is 2.31. The molecule has 23 heavy (non-hydrogen) atoms. The molecule has 124 valence electrons. The molecule has 1 aromatic heterocycles. The fourth-order valence-corrected chi connectivity index (χ4v) is 1.91. The highest BCUT2D eigenvalue weighted by molar-refractivity contribution is 5.58. The minimum absolute atomic E-state index is 0.326. The quantitative estimate of drug-likeness (QED) is 0.809. The average molecular weight is 324 g/mol. The van der Waals surface area contributed by atoms with E-state index in [1.807, 2.05) is 0 Å². The standard InChI is InChI=1S/C16H19F3N4/c1-11(2)6-8-20-15-21-9-7-14(23-15)22-13-5-3-4-12(10-13)16(17,18)19/h3-5,7,9-11H,6,8H2,1-2H3,(H2,20,21,22,23). The van der Waals surface area contributed by atoms with Crippen molar-refractivity contribution in [3.05, 3.63) is 42.1 Å². The summed E-state index contributed by atoms with van der Waals surface area (Å²) in [6.07, 6.45) is -1.83. The van der Waals surface area contributed by atoms with Gasteiger partial charge >= 0.3 is 6.18 Å². The normalized spacial score (nSPS) is 11.6. The van der Waals surface area contributed by atoms with Gasteiger partial charge in [-0.05, 0) is 36.6 Å².